The van der Waals surface area contributed by atoms with Crippen LogP contribution in [0.1, 0.15) is 24.5 Å². The second-order valence-electron chi connectivity index (χ2n) is 5.34. The number of fused-ring (bicyclic) bond motifs is 2. The number of rotatable bonds is 0. The van der Waals surface area contributed by atoms with Gasteiger partial charge in [-0.15, -0.1) is 0 Å². The Morgan fingerprint density at radius 1 is 1.53 bits per heavy atom. The highest BCUT2D eigenvalue weighted by molar-refractivity contribution is 9.10. The van der Waals surface area contributed by atoms with E-state index < -0.39 is 5.54 Å². The number of likely N-dealkylation sites (N-methyl/N-ethyl adjacent to an activating group) is 1. The lowest BCUT2D eigenvalue weighted by atomic mass is 9.70. The fraction of sp³-hybridized carbons (Fsp3) is 0.429. The summed E-state index contributed by atoms with van der Waals surface area (Å²) in [6, 6.07) is 6.10. The van der Waals surface area contributed by atoms with E-state index in [0.717, 1.165) is 22.9 Å². The molecule has 1 aromatic carbocycles. The van der Waals surface area contributed by atoms with Crippen molar-refractivity contribution in [2.24, 2.45) is 16.6 Å². The summed E-state index contributed by atoms with van der Waals surface area (Å²) in [5.41, 5.74) is 7.25. The van der Waals surface area contributed by atoms with Gasteiger partial charge in [0, 0.05) is 11.5 Å². The van der Waals surface area contributed by atoms with E-state index in [-0.39, 0.29) is 11.8 Å². The number of halogens is 1. The van der Waals surface area contributed by atoms with Crippen LogP contribution in [0.15, 0.2) is 27.7 Å². The number of guanidine groups is 1. The molecule has 1 aliphatic carbocycles. The van der Waals surface area contributed by atoms with Gasteiger partial charge in [-0.3, -0.25) is 9.69 Å². The van der Waals surface area contributed by atoms with Crippen molar-refractivity contribution in [3.8, 4) is 0 Å². The van der Waals surface area contributed by atoms with E-state index in [4.69, 9.17) is 5.73 Å². The Bertz CT molecular complexity index is 598. The Labute approximate surface area is 120 Å². The van der Waals surface area contributed by atoms with Crippen LogP contribution >= 0.6 is 15.9 Å². The molecule has 2 aliphatic rings. The van der Waals surface area contributed by atoms with Crippen LogP contribution < -0.4 is 5.73 Å². The van der Waals surface area contributed by atoms with Crippen molar-refractivity contribution in [3.05, 3.63) is 33.8 Å². The lowest BCUT2D eigenvalue weighted by molar-refractivity contribution is -0.132. The fourth-order valence-corrected chi connectivity index (χ4v) is 3.49. The van der Waals surface area contributed by atoms with Crippen molar-refractivity contribution < 1.29 is 4.79 Å². The van der Waals surface area contributed by atoms with Gasteiger partial charge < -0.3 is 5.73 Å². The summed E-state index contributed by atoms with van der Waals surface area (Å²) in [5, 5.41) is 0. The highest BCUT2D eigenvalue weighted by atomic mass is 79.9. The van der Waals surface area contributed by atoms with Crippen molar-refractivity contribution in [1.82, 2.24) is 4.90 Å². The van der Waals surface area contributed by atoms with Crippen LogP contribution in [0.2, 0.25) is 0 Å². The molecule has 1 amide bonds. The van der Waals surface area contributed by atoms with E-state index in [1.807, 2.05) is 12.1 Å². The molecule has 1 spiro atoms. The Hall–Kier alpha value is -1.36. The third-order valence-electron chi connectivity index (χ3n) is 4.31. The minimum atomic E-state index is -0.823. The second-order valence-corrected chi connectivity index (χ2v) is 6.26. The third-order valence-corrected chi connectivity index (χ3v) is 4.80. The molecule has 100 valence electrons. The number of carbonyl (C=O) groups excluding carboxylic acids is 1. The molecular weight excluding hydrogens is 306 g/mol. The lowest BCUT2D eigenvalue weighted by Gasteiger charge is -2.37. The zero-order chi connectivity index (χ0) is 13.8. The first-order valence-corrected chi connectivity index (χ1v) is 7.18. The molecule has 1 aliphatic heterocycles. The van der Waals surface area contributed by atoms with Gasteiger partial charge in [-0.05, 0) is 42.0 Å². The number of hydrogen-bond acceptors (Lipinski definition) is 3. The normalized spacial score (nSPS) is 29.6. The fourth-order valence-electron chi connectivity index (χ4n) is 3.13. The Morgan fingerprint density at radius 2 is 2.26 bits per heavy atom. The number of nitrogens with zero attached hydrogens (tertiary/aromatic N) is 2. The highest BCUT2D eigenvalue weighted by Crippen LogP contribution is 2.46. The molecule has 0 saturated carbocycles. The highest BCUT2D eigenvalue weighted by Gasteiger charge is 2.54. The van der Waals surface area contributed by atoms with E-state index in [1.54, 1.807) is 7.05 Å². The molecule has 0 fully saturated rings. The molecule has 4 nitrogen and oxygen atoms in total. The molecule has 5 heteroatoms. The number of amides is 1. The number of aryl methyl sites for hydroxylation is 1. The first kappa shape index (κ1) is 12.7. The van der Waals surface area contributed by atoms with Gasteiger partial charge in [-0.1, -0.05) is 28.9 Å². The van der Waals surface area contributed by atoms with Crippen molar-refractivity contribution >= 4 is 27.8 Å². The third kappa shape index (κ3) is 1.57. The lowest BCUT2D eigenvalue weighted by Crippen LogP contribution is -2.46. The number of aliphatic imine (C=N–C) groups is 1. The largest absolute Gasteiger partial charge is 0.369 e. The van der Waals surface area contributed by atoms with Gasteiger partial charge in [-0.2, -0.15) is 0 Å². The number of carbonyl (C=O) groups is 1. The van der Waals surface area contributed by atoms with Crippen LogP contribution in [0.3, 0.4) is 0 Å². The average molecular weight is 322 g/mol. The summed E-state index contributed by atoms with van der Waals surface area (Å²) in [6.45, 7) is 2.08. The van der Waals surface area contributed by atoms with E-state index in [9.17, 15) is 4.79 Å². The molecule has 1 aromatic rings. The number of benzene rings is 1. The molecular formula is C14H16BrN3O. The van der Waals surface area contributed by atoms with Crippen molar-refractivity contribution in [2.75, 3.05) is 7.05 Å². The van der Waals surface area contributed by atoms with Crippen LogP contribution in [0.5, 0.6) is 0 Å². The smallest absolute Gasteiger partial charge is 0.261 e. The van der Waals surface area contributed by atoms with Crippen LogP contribution in [0.25, 0.3) is 0 Å². The van der Waals surface area contributed by atoms with Crippen molar-refractivity contribution in [1.29, 1.82) is 0 Å². The van der Waals surface area contributed by atoms with Crippen molar-refractivity contribution in [3.63, 3.8) is 0 Å². The van der Waals surface area contributed by atoms with Crippen molar-refractivity contribution in [2.45, 2.75) is 25.3 Å². The van der Waals surface area contributed by atoms with Gasteiger partial charge in [-0.25, -0.2) is 4.99 Å². The Kier molecular flexibility index (Phi) is 2.71. The van der Waals surface area contributed by atoms with Gasteiger partial charge in [0.05, 0.1) is 0 Å². The van der Waals surface area contributed by atoms with Crippen LogP contribution in [0.4, 0.5) is 0 Å². The molecule has 19 heavy (non-hydrogen) atoms. The zero-order valence-electron chi connectivity index (χ0n) is 11.0. The van der Waals surface area contributed by atoms with Gasteiger partial charge in [0.15, 0.2) is 11.5 Å². The van der Waals surface area contributed by atoms with Crippen LogP contribution in [-0.2, 0) is 16.8 Å². The molecule has 0 bridgehead atoms. The van der Waals surface area contributed by atoms with Crippen LogP contribution in [0, 0.1) is 5.92 Å². The Balaban J connectivity index is 2.27. The monoisotopic (exact) mass is 321 g/mol. The maximum absolute atomic E-state index is 12.7. The summed E-state index contributed by atoms with van der Waals surface area (Å²) < 4.78 is 0.968. The molecule has 2 atom stereocenters. The minimum Gasteiger partial charge on any atom is -0.369 e. The number of hydrogen-bond donors (Lipinski definition) is 1. The first-order valence-electron chi connectivity index (χ1n) is 6.39. The molecule has 3 rings (SSSR count). The topological polar surface area (TPSA) is 58.7 Å². The average Bonchev–Trinajstić information content (AvgIpc) is 2.61. The summed E-state index contributed by atoms with van der Waals surface area (Å²) in [7, 11) is 1.69. The quantitative estimate of drug-likeness (QED) is 0.794. The van der Waals surface area contributed by atoms with E-state index in [1.165, 1.54) is 10.5 Å². The van der Waals surface area contributed by atoms with Gasteiger partial charge in [0.1, 0.15) is 0 Å². The van der Waals surface area contributed by atoms with E-state index in [0.29, 0.717) is 5.96 Å². The minimum absolute atomic E-state index is 0.0171. The zero-order valence-corrected chi connectivity index (χ0v) is 12.6. The van der Waals surface area contributed by atoms with E-state index >= 15 is 0 Å². The predicted octanol–water partition coefficient (Wildman–Crippen LogP) is 2.01. The summed E-state index contributed by atoms with van der Waals surface area (Å²) >= 11 is 3.49. The van der Waals surface area contributed by atoms with Crippen LogP contribution in [-0.4, -0.2) is 23.8 Å². The van der Waals surface area contributed by atoms with Gasteiger partial charge in [0.2, 0.25) is 0 Å². The second kappa shape index (κ2) is 4.07. The summed E-state index contributed by atoms with van der Waals surface area (Å²) in [4.78, 5) is 18.7. The molecule has 0 radical (unpaired) electrons. The maximum Gasteiger partial charge on any atom is 0.261 e. The summed E-state index contributed by atoms with van der Waals surface area (Å²) in [6.07, 6.45) is 1.93. The molecule has 1 heterocycles. The molecule has 0 saturated heterocycles. The SMILES string of the molecule is CC1CCc2ccc(Br)cc2C12N=C(N)N(C)C2=O. The molecule has 2 N–H and O–H groups in total. The maximum atomic E-state index is 12.7. The molecule has 0 aromatic heterocycles. The van der Waals surface area contributed by atoms with Gasteiger partial charge in [0.25, 0.3) is 5.91 Å². The summed E-state index contributed by atoms with van der Waals surface area (Å²) in [5.74, 6) is 0.450. The molecule has 2 unspecified atom stereocenters. The predicted molar refractivity (Wildman–Crippen MR) is 77.7 cm³/mol. The van der Waals surface area contributed by atoms with Gasteiger partial charge >= 0.3 is 0 Å². The Morgan fingerprint density at radius 3 is 2.89 bits per heavy atom. The van der Waals surface area contributed by atoms with E-state index in [2.05, 4.69) is 33.9 Å². The standard InChI is InChI=1S/C14H16BrN3O/c1-8-3-4-9-5-6-10(15)7-11(9)14(8)12(19)18(2)13(16)17-14/h5-8H,3-4H2,1-2H3,(H2,16,17). The number of nitrogens with two attached hydrogens (primary N) is 1. The first-order chi connectivity index (χ1) is 8.96.